The Hall–Kier alpha value is -1.13. The van der Waals surface area contributed by atoms with Crippen LogP contribution in [-0.2, 0) is 0 Å². The maximum atomic E-state index is 4.55. The molecule has 1 aromatic carbocycles. The first kappa shape index (κ1) is 11.9. The summed E-state index contributed by atoms with van der Waals surface area (Å²) in [7, 11) is 0. The maximum absolute atomic E-state index is 4.55. The maximum Gasteiger partial charge on any atom is 0.0907 e. The van der Waals surface area contributed by atoms with E-state index in [9.17, 15) is 0 Å². The van der Waals surface area contributed by atoms with E-state index in [-0.39, 0.29) is 0 Å². The molecule has 3 rings (SSSR count). The number of nitrogens with zero attached hydrogens (tertiary/aromatic N) is 1. The molecule has 2 N–H and O–H groups in total. The van der Waals surface area contributed by atoms with Gasteiger partial charge in [0.05, 0.1) is 15.2 Å². The highest BCUT2D eigenvalue weighted by Gasteiger charge is 2.11. The molecule has 18 heavy (non-hydrogen) atoms. The molecule has 2 heterocycles. The summed E-state index contributed by atoms with van der Waals surface area (Å²) in [5.41, 5.74) is 2.33. The Labute approximate surface area is 112 Å². The molecule has 0 bridgehead atoms. The van der Waals surface area contributed by atoms with Crippen molar-refractivity contribution in [1.82, 2.24) is 10.3 Å². The van der Waals surface area contributed by atoms with Gasteiger partial charge in [-0.1, -0.05) is 0 Å². The van der Waals surface area contributed by atoms with Gasteiger partial charge in [-0.3, -0.25) is 0 Å². The lowest BCUT2D eigenvalue weighted by atomic mass is 10.1. The molecule has 0 aliphatic carbocycles. The fraction of sp³-hybridized carbons (Fsp3) is 0.500. The number of aromatic nitrogens is 1. The smallest absolute Gasteiger partial charge is 0.0907 e. The first-order valence-electron chi connectivity index (χ1n) is 6.66. The quantitative estimate of drug-likeness (QED) is 0.872. The molecule has 1 saturated heterocycles. The van der Waals surface area contributed by atoms with E-state index in [1.807, 2.05) is 0 Å². The van der Waals surface area contributed by atoms with Gasteiger partial charge in [-0.05, 0) is 57.5 Å². The second-order valence-electron chi connectivity index (χ2n) is 4.94. The Balaban J connectivity index is 1.76. The summed E-state index contributed by atoms with van der Waals surface area (Å²) in [4.78, 5) is 4.55. The van der Waals surface area contributed by atoms with Crippen molar-refractivity contribution >= 4 is 27.2 Å². The fourth-order valence-electron chi connectivity index (χ4n) is 2.53. The number of rotatable bonds is 2. The van der Waals surface area contributed by atoms with Gasteiger partial charge in [0, 0.05) is 11.7 Å². The normalized spacial score (nSPS) is 20.8. The second kappa shape index (κ2) is 5.24. The fourth-order valence-corrected chi connectivity index (χ4v) is 3.34. The summed E-state index contributed by atoms with van der Waals surface area (Å²) in [6, 6.07) is 7.13. The van der Waals surface area contributed by atoms with E-state index < -0.39 is 0 Å². The number of benzene rings is 1. The van der Waals surface area contributed by atoms with Crippen molar-refractivity contribution < 1.29 is 0 Å². The molecule has 1 aliphatic rings. The molecular formula is C14H19N3S. The van der Waals surface area contributed by atoms with Crippen molar-refractivity contribution in [3.63, 3.8) is 0 Å². The minimum atomic E-state index is 0.595. The first-order valence-corrected chi connectivity index (χ1v) is 7.47. The van der Waals surface area contributed by atoms with Crippen LogP contribution in [0.4, 0.5) is 5.69 Å². The van der Waals surface area contributed by atoms with Crippen LogP contribution in [0, 0.1) is 6.92 Å². The topological polar surface area (TPSA) is 37.0 Å². The highest BCUT2D eigenvalue weighted by atomic mass is 32.1. The van der Waals surface area contributed by atoms with Gasteiger partial charge in [-0.25, -0.2) is 4.98 Å². The zero-order valence-corrected chi connectivity index (χ0v) is 11.5. The minimum absolute atomic E-state index is 0.595. The van der Waals surface area contributed by atoms with Gasteiger partial charge >= 0.3 is 0 Å². The SMILES string of the molecule is Cc1nc2cc(NC3CCCNCC3)ccc2s1. The number of hydrogen-bond acceptors (Lipinski definition) is 4. The first-order chi connectivity index (χ1) is 8.81. The van der Waals surface area contributed by atoms with Gasteiger partial charge in [0.2, 0.25) is 0 Å². The summed E-state index contributed by atoms with van der Waals surface area (Å²) in [5, 5.41) is 8.23. The molecule has 2 aromatic rings. The van der Waals surface area contributed by atoms with Gasteiger partial charge < -0.3 is 10.6 Å². The van der Waals surface area contributed by atoms with Crippen molar-refractivity contribution in [3.05, 3.63) is 23.2 Å². The Bertz CT molecular complexity index is 527. The number of hydrogen-bond donors (Lipinski definition) is 2. The molecular weight excluding hydrogens is 242 g/mol. The molecule has 96 valence electrons. The summed E-state index contributed by atoms with van der Waals surface area (Å²) in [5.74, 6) is 0. The number of aryl methyl sites for hydroxylation is 1. The third kappa shape index (κ3) is 2.65. The van der Waals surface area contributed by atoms with Gasteiger partial charge in [-0.15, -0.1) is 11.3 Å². The molecule has 0 amide bonds. The van der Waals surface area contributed by atoms with Gasteiger partial charge in [0.15, 0.2) is 0 Å². The van der Waals surface area contributed by atoms with Crippen LogP contribution < -0.4 is 10.6 Å². The Morgan fingerprint density at radius 2 is 2.28 bits per heavy atom. The summed E-state index contributed by atoms with van der Waals surface area (Å²) in [6.45, 7) is 4.34. The van der Waals surface area contributed by atoms with Gasteiger partial charge in [-0.2, -0.15) is 0 Å². The highest BCUT2D eigenvalue weighted by Crippen LogP contribution is 2.25. The number of nitrogens with one attached hydrogen (secondary N) is 2. The molecule has 1 atom stereocenters. The van der Waals surface area contributed by atoms with Gasteiger partial charge in [0.1, 0.15) is 0 Å². The van der Waals surface area contributed by atoms with Crippen molar-refractivity contribution in [2.24, 2.45) is 0 Å². The molecule has 0 saturated carbocycles. The van der Waals surface area contributed by atoms with Crippen LogP contribution >= 0.6 is 11.3 Å². The largest absolute Gasteiger partial charge is 0.382 e. The molecule has 0 radical (unpaired) electrons. The Morgan fingerprint density at radius 1 is 1.33 bits per heavy atom. The lowest BCUT2D eigenvalue weighted by Crippen LogP contribution is -2.21. The number of anilines is 1. The monoisotopic (exact) mass is 261 g/mol. The predicted octanol–water partition coefficient (Wildman–Crippen LogP) is 3.16. The molecule has 4 heteroatoms. The van der Waals surface area contributed by atoms with Crippen LogP contribution in [0.5, 0.6) is 0 Å². The average molecular weight is 261 g/mol. The van der Waals surface area contributed by atoms with Crippen LogP contribution in [0.25, 0.3) is 10.2 Å². The van der Waals surface area contributed by atoms with E-state index in [0.717, 1.165) is 23.6 Å². The standard InChI is InChI=1S/C14H19N3S/c1-10-16-13-9-12(4-5-14(13)18-10)17-11-3-2-7-15-8-6-11/h4-5,9,11,15,17H,2-3,6-8H2,1H3. The summed E-state index contributed by atoms with van der Waals surface area (Å²) in [6.07, 6.45) is 3.71. The van der Waals surface area contributed by atoms with Crippen LogP contribution in [-0.4, -0.2) is 24.1 Å². The van der Waals surface area contributed by atoms with E-state index in [2.05, 4.69) is 40.7 Å². The van der Waals surface area contributed by atoms with Crippen LogP contribution in [0.2, 0.25) is 0 Å². The highest BCUT2D eigenvalue weighted by molar-refractivity contribution is 7.18. The van der Waals surface area contributed by atoms with E-state index in [4.69, 9.17) is 0 Å². The lowest BCUT2D eigenvalue weighted by Gasteiger charge is -2.17. The number of fused-ring (bicyclic) bond motifs is 1. The Morgan fingerprint density at radius 3 is 3.22 bits per heavy atom. The predicted molar refractivity (Wildman–Crippen MR) is 78.5 cm³/mol. The van der Waals surface area contributed by atoms with Crippen molar-refractivity contribution in [2.45, 2.75) is 32.2 Å². The molecule has 3 nitrogen and oxygen atoms in total. The van der Waals surface area contributed by atoms with Crippen LogP contribution in [0.1, 0.15) is 24.3 Å². The van der Waals surface area contributed by atoms with Crippen molar-refractivity contribution in [3.8, 4) is 0 Å². The molecule has 1 aliphatic heterocycles. The van der Waals surface area contributed by atoms with E-state index in [0.29, 0.717) is 6.04 Å². The third-order valence-corrected chi connectivity index (χ3v) is 4.39. The van der Waals surface area contributed by atoms with E-state index >= 15 is 0 Å². The molecule has 0 spiro atoms. The average Bonchev–Trinajstić information content (AvgIpc) is 2.56. The molecule has 1 fully saturated rings. The minimum Gasteiger partial charge on any atom is -0.382 e. The zero-order chi connectivity index (χ0) is 12.4. The number of thiazole rings is 1. The van der Waals surface area contributed by atoms with Crippen molar-refractivity contribution in [2.75, 3.05) is 18.4 Å². The lowest BCUT2D eigenvalue weighted by molar-refractivity contribution is 0.638. The van der Waals surface area contributed by atoms with Crippen LogP contribution in [0.15, 0.2) is 18.2 Å². The van der Waals surface area contributed by atoms with Crippen LogP contribution in [0.3, 0.4) is 0 Å². The van der Waals surface area contributed by atoms with E-state index in [1.165, 1.54) is 29.6 Å². The van der Waals surface area contributed by atoms with Crippen molar-refractivity contribution in [1.29, 1.82) is 0 Å². The van der Waals surface area contributed by atoms with Gasteiger partial charge in [0.25, 0.3) is 0 Å². The second-order valence-corrected chi connectivity index (χ2v) is 6.17. The zero-order valence-electron chi connectivity index (χ0n) is 10.7. The third-order valence-electron chi connectivity index (χ3n) is 3.44. The van der Waals surface area contributed by atoms with E-state index in [1.54, 1.807) is 11.3 Å². The summed E-state index contributed by atoms with van der Waals surface area (Å²) >= 11 is 1.76. The Kier molecular flexibility index (Phi) is 3.48. The molecule has 1 unspecified atom stereocenters. The molecule has 1 aromatic heterocycles. The summed E-state index contributed by atoms with van der Waals surface area (Å²) < 4.78 is 1.28.